The minimum Gasteiger partial charge on any atom is -0.416 e. The van der Waals surface area contributed by atoms with Crippen LogP contribution in [0.2, 0.25) is 18.1 Å². The molecule has 0 aliphatic heterocycles. The van der Waals surface area contributed by atoms with Gasteiger partial charge in [-0.05, 0) is 18.1 Å². The van der Waals surface area contributed by atoms with Crippen LogP contribution in [-0.4, -0.2) is 19.9 Å². The summed E-state index contributed by atoms with van der Waals surface area (Å²) < 4.78 is 10.9. The molecule has 0 spiro atoms. The molecule has 0 aliphatic rings. The van der Waals surface area contributed by atoms with E-state index >= 15 is 0 Å². The van der Waals surface area contributed by atoms with Crippen LogP contribution in [0.4, 0.5) is 0 Å². The maximum Gasteiger partial charge on any atom is 0.416 e. The third-order valence-electron chi connectivity index (χ3n) is 3.19. The molecule has 1 aromatic rings. The summed E-state index contributed by atoms with van der Waals surface area (Å²) in [6, 6.07) is 0. The third-order valence-corrected chi connectivity index (χ3v) is 7.73. The van der Waals surface area contributed by atoms with Gasteiger partial charge < -0.3 is 8.84 Å². The Morgan fingerprint density at radius 2 is 2.06 bits per heavy atom. The molecule has 16 heavy (non-hydrogen) atoms. The van der Waals surface area contributed by atoms with Crippen LogP contribution in [0, 0.1) is 0 Å². The standard InChI is InChI=1S/C11H21NO3Si/c1-11(2,3)16(4,5)14-7-6-9-8-12-10(13)15-9/h8H,6-7H2,1-5H3,(H,12,13). The van der Waals surface area contributed by atoms with E-state index in [1.165, 1.54) is 0 Å². The summed E-state index contributed by atoms with van der Waals surface area (Å²) in [5, 5.41) is 0.214. The summed E-state index contributed by atoms with van der Waals surface area (Å²) in [5.41, 5.74) is 0. The number of nitrogens with one attached hydrogen (secondary N) is 1. The van der Waals surface area contributed by atoms with E-state index in [-0.39, 0.29) is 5.04 Å². The van der Waals surface area contributed by atoms with Gasteiger partial charge >= 0.3 is 5.76 Å². The Bertz CT molecular complexity index is 386. The van der Waals surface area contributed by atoms with Gasteiger partial charge in [0.2, 0.25) is 0 Å². The van der Waals surface area contributed by atoms with E-state index in [0.29, 0.717) is 18.8 Å². The highest BCUT2D eigenvalue weighted by molar-refractivity contribution is 6.74. The predicted molar refractivity (Wildman–Crippen MR) is 66.2 cm³/mol. The van der Waals surface area contributed by atoms with E-state index in [9.17, 15) is 4.79 Å². The molecule has 0 bridgehead atoms. The Labute approximate surface area is 97.1 Å². The van der Waals surface area contributed by atoms with E-state index in [1.807, 2.05) is 0 Å². The summed E-state index contributed by atoms with van der Waals surface area (Å²) in [5.74, 6) is 0.256. The van der Waals surface area contributed by atoms with Crippen molar-refractivity contribution in [1.29, 1.82) is 0 Å². The van der Waals surface area contributed by atoms with Crippen molar-refractivity contribution in [1.82, 2.24) is 4.98 Å². The zero-order valence-corrected chi connectivity index (χ0v) is 11.7. The van der Waals surface area contributed by atoms with Gasteiger partial charge in [-0.15, -0.1) is 0 Å². The van der Waals surface area contributed by atoms with Crippen LogP contribution in [0.25, 0.3) is 0 Å². The lowest BCUT2D eigenvalue weighted by Crippen LogP contribution is -2.41. The van der Waals surface area contributed by atoms with E-state index in [4.69, 9.17) is 8.84 Å². The second-order valence-corrected chi connectivity index (χ2v) is 10.3. The molecule has 1 rings (SSSR count). The van der Waals surface area contributed by atoms with Crippen molar-refractivity contribution in [2.24, 2.45) is 0 Å². The van der Waals surface area contributed by atoms with Crippen molar-refractivity contribution >= 4 is 8.32 Å². The largest absolute Gasteiger partial charge is 0.416 e. The predicted octanol–water partition coefficient (Wildman–Crippen LogP) is 2.53. The molecule has 0 radical (unpaired) electrons. The quantitative estimate of drug-likeness (QED) is 0.827. The zero-order chi connectivity index (χ0) is 12.4. The average molecular weight is 243 g/mol. The number of hydrogen-bond acceptors (Lipinski definition) is 3. The lowest BCUT2D eigenvalue weighted by molar-refractivity contribution is 0.280. The Kier molecular flexibility index (Phi) is 3.80. The van der Waals surface area contributed by atoms with E-state index in [1.54, 1.807) is 6.20 Å². The highest BCUT2D eigenvalue weighted by atomic mass is 28.4. The van der Waals surface area contributed by atoms with Crippen LogP contribution >= 0.6 is 0 Å². The van der Waals surface area contributed by atoms with E-state index in [2.05, 4.69) is 38.8 Å². The lowest BCUT2D eigenvalue weighted by atomic mass is 10.2. The number of aromatic nitrogens is 1. The minimum atomic E-state index is -1.68. The fourth-order valence-corrected chi connectivity index (χ4v) is 2.11. The maximum absolute atomic E-state index is 10.8. The molecule has 0 unspecified atom stereocenters. The molecule has 0 fully saturated rings. The van der Waals surface area contributed by atoms with E-state index < -0.39 is 14.1 Å². The molecule has 0 atom stereocenters. The molecule has 1 heterocycles. The van der Waals surface area contributed by atoms with Gasteiger partial charge in [-0.25, -0.2) is 4.79 Å². The van der Waals surface area contributed by atoms with Crippen LogP contribution in [0.3, 0.4) is 0 Å². The highest BCUT2D eigenvalue weighted by Gasteiger charge is 2.36. The van der Waals surface area contributed by atoms with Crippen molar-refractivity contribution in [2.45, 2.75) is 45.3 Å². The fraction of sp³-hybridized carbons (Fsp3) is 0.727. The Hall–Kier alpha value is -0.813. The molecule has 92 valence electrons. The zero-order valence-electron chi connectivity index (χ0n) is 10.7. The number of oxazole rings is 1. The van der Waals surface area contributed by atoms with E-state index in [0.717, 1.165) is 0 Å². The minimum absolute atomic E-state index is 0.214. The smallest absolute Gasteiger partial charge is 0.416 e. The first-order valence-corrected chi connectivity index (χ1v) is 8.44. The van der Waals surface area contributed by atoms with Gasteiger partial charge in [0, 0.05) is 19.2 Å². The van der Waals surface area contributed by atoms with Crippen molar-refractivity contribution in [3.05, 3.63) is 22.5 Å². The highest BCUT2D eigenvalue weighted by Crippen LogP contribution is 2.36. The molecule has 0 saturated heterocycles. The Morgan fingerprint density at radius 3 is 2.50 bits per heavy atom. The van der Waals surface area contributed by atoms with Crippen LogP contribution in [0.1, 0.15) is 26.5 Å². The van der Waals surface area contributed by atoms with Gasteiger partial charge in [-0.3, -0.25) is 4.98 Å². The van der Waals surface area contributed by atoms with Crippen molar-refractivity contribution < 1.29 is 8.84 Å². The number of H-pyrrole nitrogens is 1. The first-order chi connectivity index (χ1) is 7.22. The molecular weight excluding hydrogens is 222 g/mol. The molecule has 5 heteroatoms. The van der Waals surface area contributed by atoms with Gasteiger partial charge in [0.05, 0.1) is 0 Å². The van der Waals surface area contributed by atoms with Crippen LogP contribution in [0.5, 0.6) is 0 Å². The Morgan fingerprint density at radius 1 is 1.44 bits per heavy atom. The normalized spacial score (nSPS) is 13.1. The molecule has 1 N–H and O–H groups in total. The second-order valence-electron chi connectivity index (χ2n) is 5.50. The van der Waals surface area contributed by atoms with Crippen molar-refractivity contribution in [2.75, 3.05) is 6.61 Å². The summed E-state index contributed by atoms with van der Waals surface area (Å²) in [4.78, 5) is 13.2. The van der Waals surface area contributed by atoms with Crippen LogP contribution in [0.15, 0.2) is 15.4 Å². The lowest BCUT2D eigenvalue weighted by Gasteiger charge is -2.36. The first-order valence-electron chi connectivity index (χ1n) is 5.54. The summed E-state index contributed by atoms with van der Waals surface area (Å²) in [6.45, 7) is 11.6. The van der Waals surface area contributed by atoms with Gasteiger partial charge in [0.1, 0.15) is 5.76 Å². The number of aromatic amines is 1. The molecule has 0 aromatic carbocycles. The Balaban J connectivity index is 2.44. The maximum atomic E-state index is 10.8. The van der Waals surface area contributed by atoms with Crippen molar-refractivity contribution in [3.63, 3.8) is 0 Å². The first kappa shape index (κ1) is 13.3. The molecule has 0 amide bonds. The SMILES string of the molecule is CC(C)(C)[Si](C)(C)OCCc1c[nH]c(=O)o1. The summed E-state index contributed by atoms with van der Waals surface area (Å²) >= 11 is 0. The topological polar surface area (TPSA) is 55.2 Å². The van der Waals surface area contributed by atoms with Crippen LogP contribution in [-0.2, 0) is 10.8 Å². The fourth-order valence-electron chi connectivity index (χ4n) is 1.06. The molecule has 0 saturated carbocycles. The average Bonchev–Trinajstić information content (AvgIpc) is 2.49. The molecular formula is C11H21NO3Si. The van der Waals surface area contributed by atoms with Crippen molar-refractivity contribution in [3.8, 4) is 0 Å². The van der Waals surface area contributed by atoms with Gasteiger partial charge in [0.15, 0.2) is 8.32 Å². The summed E-state index contributed by atoms with van der Waals surface area (Å²) in [6.07, 6.45) is 2.24. The van der Waals surface area contributed by atoms with Gasteiger partial charge in [-0.2, -0.15) is 0 Å². The monoisotopic (exact) mass is 243 g/mol. The third kappa shape index (κ3) is 3.35. The number of hydrogen-bond donors (Lipinski definition) is 1. The molecule has 1 aromatic heterocycles. The molecule has 4 nitrogen and oxygen atoms in total. The van der Waals surface area contributed by atoms with Gasteiger partial charge in [0.25, 0.3) is 0 Å². The summed E-state index contributed by atoms with van der Waals surface area (Å²) in [7, 11) is -1.68. The van der Waals surface area contributed by atoms with Gasteiger partial charge in [-0.1, -0.05) is 20.8 Å². The second kappa shape index (κ2) is 4.59. The van der Waals surface area contributed by atoms with Crippen LogP contribution < -0.4 is 5.76 Å². The molecule has 0 aliphatic carbocycles. The number of rotatable bonds is 4.